The molecule has 24 heavy (non-hydrogen) atoms. The zero-order valence-corrected chi connectivity index (χ0v) is 14.3. The Labute approximate surface area is 143 Å². The molecule has 3 aromatic heterocycles. The standard InChI is InChI=1S/C15H18ClN7O/c1-9(2)13-19-15(24-21-13)22-5-3-10(4-6-22)23-14-11(12(16)20-23)7-17-8-18-14/h7-10H,3-6H2,1-2H3. The summed E-state index contributed by atoms with van der Waals surface area (Å²) in [7, 11) is 0. The summed E-state index contributed by atoms with van der Waals surface area (Å²) in [6.45, 7) is 5.76. The topological polar surface area (TPSA) is 85.8 Å². The van der Waals surface area contributed by atoms with E-state index in [1.54, 1.807) is 6.20 Å². The largest absolute Gasteiger partial charge is 0.324 e. The molecular formula is C15H18ClN7O. The van der Waals surface area contributed by atoms with Gasteiger partial charge in [-0.05, 0) is 12.8 Å². The van der Waals surface area contributed by atoms with E-state index < -0.39 is 0 Å². The van der Waals surface area contributed by atoms with E-state index in [4.69, 9.17) is 16.1 Å². The van der Waals surface area contributed by atoms with Crippen LogP contribution in [-0.4, -0.2) is 43.0 Å². The lowest BCUT2D eigenvalue weighted by Gasteiger charge is -2.30. The van der Waals surface area contributed by atoms with Crippen LogP contribution in [0.3, 0.4) is 0 Å². The minimum atomic E-state index is 0.249. The first-order valence-electron chi connectivity index (χ1n) is 8.05. The van der Waals surface area contributed by atoms with Crippen LogP contribution in [0, 0.1) is 0 Å². The van der Waals surface area contributed by atoms with Crippen LogP contribution >= 0.6 is 11.6 Å². The van der Waals surface area contributed by atoms with Crippen molar-refractivity contribution in [2.45, 2.75) is 38.6 Å². The van der Waals surface area contributed by atoms with Crippen molar-refractivity contribution in [1.82, 2.24) is 29.9 Å². The van der Waals surface area contributed by atoms with Gasteiger partial charge in [-0.2, -0.15) is 10.1 Å². The predicted molar refractivity (Wildman–Crippen MR) is 89.2 cm³/mol. The van der Waals surface area contributed by atoms with Crippen LogP contribution in [0.5, 0.6) is 0 Å². The molecule has 0 bridgehead atoms. The van der Waals surface area contributed by atoms with Crippen LogP contribution in [0.15, 0.2) is 17.0 Å². The summed E-state index contributed by atoms with van der Waals surface area (Å²) in [4.78, 5) is 14.9. The molecule has 4 heterocycles. The van der Waals surface area contributed by atoms with Crippen molar-refractivity contribution >= 4 is 28.6 Å². The molecule has 0 amide bonds. The van der Waals surface area contributed by atoms with Crippen LogP contribution in [0.1, 0.15) is 44.5 Å². The molecular weight excluding hydrogens is 330 g/mol. The second-order valence-corrected chi connectivity index (χ2v) is 6.66. The highest BCUT2D eigenvalue weighted by Gasteiger charge is 2.27. The Morgan fingerprint density at radius 3 is 2.79 bits per heavy atom. The molecule has 1 saturated heterocycles. The Kier molecular flexibility index (Phi) is 3.84. The van der Waals surface area contributed by atoms with Gasteiger partial charge in [-0.3, -0.25) is 0 Å². The van der Waals surface area contributed by atoms with Gasteiger partial charge in [0, 0.05) is 25.2 Å². The zero-order valence-electron chi connectivity index (χ0n) is 13.6. The van der Waals surface area contributed by atoms with Gasteiger partial charge in [-0.25, -0.2) is 14.6 Å². The molecule has 0 unspecified atom stereocenters. The number of anilines is 1. The van der Waals surface area contributed by atoms with Gasteiger partial charge in [0.15, 0.2) is 16.6 Å². The molecule has 0 atom stereocenters. The van der Waals surface area contributed by atoms with Crippen LogP contribution in [-0.2, 0) is 0 Å². The molecule has 0 N–H and O–H groups in total. The minimum Gasteiger partial charge on any atom is -0.324 e. The maximum absolute atomic E-state index is 6.20. The molecule has 0 saturated carbocycles. The summed E-state index contributed by atoms with van der Waals surface area (Å²) >= 11 is 6.20. The van der Waals surface area contributed by atoms with Crippen LogP contribution in [0.2, 0.25) is 5.15 Å². The lowest BCUT2D eigenvalue weighted by atomic mass is 10.1. The van der Waals surface area contributed by atoms with E-state index >= 15 is 0 Å². The van der Waals surface area contributed by atoms with E-state index in [1.807, 2.05) is 4.68 Å². The molecule has 4 rings (SSSR count). The van der Waals surface area contributed by atoms with Crippen molar-refractivity contribution in [3.63, 3.8) is 0 Å². The minimum absolute atomic E-state index is 0.249. The third kappa shape index (κ3) is 2.60. The first-order valence-corrected chi connectivity index (χ1v) is 8.43. The van der Waals surface area contributed by atoms with E-state index in [0.29, 0.717) is 11.2 Å². The van der Waals surface area contributed by atoms with Gasteiger partial charge < -0.3 is 9.42 Å². The maximum Gasteiger partial charge on any atom is 0.324 e. The summed E-state index contributed by atoms with van der Waals surface area (Å²) < 4.78 is 7.30. The molecule has 1 fully saturated rings. The van der Waals surface area contributed by atoms with Crippen LogP contribution in [0.4, 0.5) is 6.01 Å². The van der Waals surface area contributed by atoms with Gasteiger partial charge in [0.1, 0.15) is 6.33 Å². The number of nitrogens with zero attached hydrogens (tertiary/aromatic N) is 7. The number of piperidine rings is 1. The molecule has 8 nitrogen and oxygen atoms in total. The molecule has 126 valence electrons. The Balaban J connectivity index is 1.51. The van der Waals surface area contributed by atoms with Gasteiger partial charge in [-0.15, -0.1) is 0 Å². The van der Waals surface area contributed by atoms with E-state index in [9.17, 15) is 0 Å². The molecule has 3 aromatic rings. The highest BCUT2D eigenvalue weighted by atomic mass is 35.5. The average Bonchev–Trinajstić information content (AvgIpc) is 3.21. The van der Waals surface area contributed by atoms with Crippen LogP contribution < -0.4 is 4.90 Å². The smallest absolute Gasteiger partial charge is 0.324 e. The van der Waals surface area contributed by atoms with E-state index in [1.165, 1.54) is 6.33 Å². The molecule has 0 aromatic carbocycles. The predicted octanol–water partition coefficient (Wildman–Crippen LogP) is 2.83. The molecule has 9 heteroatoms. The van der Waals surface area contributed by atoms with E-state index in [-0.39, 0.29) is 12.0 Å². The normalized spacial score (nSPS) is 16.4. The number of fused-ring (bicyclic) bond motifs is 1. The fourth-order valence-corrected chi connectivity index (χ4v) is 3.21. The second kappa shape index (κ2) is 6.01. The molecule has 0 aliphatic carbocycles. The summed E-state index contributed by atoms with van der Waals surface area (Å²) in [6, 6.07) is 0.849. The summed E-state index contributed by atoms with van der Waals surface area (Å²) in [5.74, 6) is 1.01. The van der Waals surface area contributed by atoms with Crippen LogP contribution in [0.25, 0.3) is 11.0 Å². The second-order valence-electron chi connectivity index (χ2n) is 6.30. The Morgan fingerprint density at radius 1 is 1.29 bits per heavy atom. The Morgan fingerprint density at radius 2 is 2.08 bits per heavy atom. The number of hydrogen-bond donors (Lipinski definition) is 0. The summed E-state index contributed by atoms with van der Waals surface area (Å²) in [5, 5.41) is 9.72. The average molecular weight is 348 g/mol. The first kappa shape index (κ1) is 15.3. The first-order chi connectivity index (χ1) is 11.6. The molecule has 1 aliphatic rings. The fourth-order valence-electron chi connectivity index (χ4n) is 2.99. The fraction of sp³-hybridized carbons (Fsp3) is 0.533. The maximum atomic E-state index is 6.20. The molecule has 1 aliphatic heterocycles. The van der Waals surface area contributed by atoms with Crippen molar-refractivity contribution in [3.8, 4) is 0 Å². The number of rotatable bonds is 3. The Bertz CT molecular complexity index is 851. The van der Waals surface area contributed by atoms with Crippen molar-refractivity contribution in [3.05, 3.63) is 23.5 Å². The van der Waals surface area contributed by atoms with Gasteiger partial charge >= 0.3 is 6.01 Å². The van der Waals surface area contributed by atoms with Gasteiger partial charge in [0.05, 0.1) is 11.4 Å². The number of halogens is 1. The van der Waals surface area contributed by atoms with Gasteiger partial charge in [0.2, 0.25) is 0 Å². The third-order valence-electron chi connectivity index (χ3n) is 4.35. The number of aromatic nitrogens is 6. The van der Waals surface area contributed by atoms with Crippen molar-refractivity contribution < 1.29 is 4.52 Å². The van der Waals surface area contributed by atoms with Gasteiger partial charge in [-0.1, -0.05) is 30.6 Å². The Hall–Kier alpha value is -2.22. The van der Waals surface area contributed by atoms with Crippen molar-refractivity contribution in [2.24, 2.45) is 0 Å². The quantitative estimate of drug-likeness (QED) is 0.720. The highest BCUT2D eigenvalue weighted by Crippen LogP contribution is 2.30. The number of hydrogen-bond acceptors (Lipinski definition) is 7. The third-order valence-corrected chi connectivity index (χ3v) is 4.63. The lowest BCUT2D eigenvalue weighted by molar-refractivity contribution is 0.346. The summed E-state index contributed by atoms with van der Waals surface area (Å²) in [6.07, 6.45) is 5.06. The van der Waals surface area contributed by atoms with Crippen molar-refractivity contribution in [1.29, 1.82) is 0 Å². The van der Waals surface area contributed by atoms with Gasteiger partial charge in [0.25, 0.3) is 0 Å². The van der Waals surface area contributed by atoms with Crippen molar-refractivity contribution in [2.75, 3.05) is 18.0 Å². The van der Waals surface area contributed by atoms with E-state index in [0.717, 1.165) is 42.8 Å². The highest BCUT2D eigenvalue weighted by molar-refractivity contribution is 6.34. The lowest BCUT2D eigenvalue weighted by Crippen LogP contribution is -2.35. The zero-order chi connectivity index (χ0) is 16.7. The summed E-state index contributed by atoms with van der Waals surface area (Å²) in [5.41, 5.74) is 0.785. The monoisotopic (exact) mass is 347 g/mol. The SMILES string of the molecule is CC(C)c1noc(N2CCC(n3nc(Cl)c4cncnc43)CC2)n1. The molecule has 0 spiro atoms. The molecule has 0 radical (unpaired) electrons. The van der Waals surface area contributed by atoms with E-state index in [2.05, 4.69) is 44.0 Å².